The molecule has 2 aromatic carbocycles. The Kier molecular flexibility index (Phi) is 6.82. The molecule has 0 aromatic heterocycles. The Morgan fingerprint density at radius 3 is 2.69 bits per heavy atom. The van der Waals surface area contributed by atoms with Crippen LogP contribution in [0.2, 0.25) is 5.02 Å². The van der Waals surface area contributed by atoms with Crippen LogP contribution in [0.3, 0.4) is 0 Å². The van der Waals surface area contributed by atoms with Crippen molar-refractivity contribution >= 4 is 29.1 Å². The summed E-state index contributed by atoms with van der Waals surface area (Å²) in [6.07, 6.45) is 1.49. The van der Waals surface area contributed by atoms with Crippen molar-refractivity contribution in [3.63, 3.8) is 0 Å². The Labute approximate surface area is 209 Å². The minimum Gasteiger partial charge on any atom is -0.507 e. The molecule has 2 fully saturated rings. The van der Waals surface area contributed by atoms with Crippen molar-refractivity contribution in [2.75, 3.05) is 39.4 Å². The quantitative estimate of drug-likeness (QED) is 0.372. The van der Waals surface area contributed by atoms with Gasteiger partial charge in [0.05, 0.1) is 24.8 Å². The number of carbonyl (C=O) groups excluding carboxylic acids is 2. The van der Waals surface area contributed by atoms with E-state index in [1.165, 1.54) is 0 Å². The first-order valence-electron chi connectivity index (χ1n) is 12.1. The molecule has 0 radical (unpaired) electrons. The molecule has 1 N–H and O–H groups in total. The van der Waals surface area contributed by atoms with Gasteiger partial charge in [-0.1, -0.05) is 23.7 Å². The molecule has 0 bridgehead atoms. The second-order valence-corrected chi connectivity index (χ2v) is 9.75. The highest BCUT2D eigenvalue weighted by atomic mass is 35.5. The number of aliphatic hydroxyl groups is 1. The van der Waals surface area contributed by atoms with Gasteiger partial charge in [-0.15, -0.1) is 0 Å². The van der Waals surface area contributed by atoms with E-state index in [1.54, 1.807) is 35.2 Å². The van der Waals surface area contributed by atoms with Crippen molar-refractivity contribution in [1.82, 2.24) is 9.80 Å². The van der Waals surface area contributed by atoms with Gasteiger partial charge in [0.1, 0.15) is 17.6 Å². The maximum Gasteiger partial charge on any atom is 0.295 e. The van der Waals surface area contributed by atoms with Crippen LogP contribution < -0.4 is 4.74 Å². The van der Waals surface area contributed by atoms with Crippen LogP contribution in [0, 0.1) is 0 Å². The molecule has 8 heteroatoms. The molecule has 2 atom stereocenters. The summed E-state index contributed by atoms with van der Waals surface area (Å²) >= 11 is 6.27. The number of likely N-dealkylation sites (tertiary alicyclic amines) is 1. The zero-order valence-electron chi connectivity index (χ0n) is 19.7. The minimum atomic E-state index is -0.707. The minimum absolute atomic E-state index is 0.0610. The topological polar surface area (TPSA) is 79.3 Å². The fourth-order valence-corrected chi connectivity index (χ4v) is 5.35. The molecule has 7 nitrogen and oxygen atoms in total. The summed E-state index contributed by atoms with van der Waals surface area (Å²) in [5, 5.41) is 11.8. The number of hydrogen-bond acceptors (Lipinski definition) is 6. The Bertz CT molecular complexity index is 1170. The zero-order chi connectivity index (χ0) is 24.5. The van der Waals surface area contributed by atoms with Crippen molar-refractivity contribution in [2.45, 2.75) is 31.9 Å². The number of carbonyl (C=O) groups is 2. The second-order valence-electron chi connectivity index (χ2n) is 9.31. The van der Waals surface area contributed by atoms with Gasteiger partial charge in [-0.05, 0) is 54.8 Å². The van der Waals surface area contributed by atoms with Crippen molar-refractivity contribution in [3.05, 3.63) is 69.8 Å². The summed E-state index contributed by atoms with van der Waals surface area (Å²) in [6, 6.07) is 11.8. The molecule has 0 aliphatic carbocycles. The van der Waals surface area contributed by atoms with Gasteiger partial charge in [0.2, 0.25) is 0 Å². The maximum absolute atomic E-state index is 13.3. The Morgan fingerprint density at radius 1 is 1.11 bits per heavy atom. The van der Waals surface area contributed by atoms with Crippen LogP contribution in [0.25, 0.3) is 5.76 Å². The lowest BCUT2D eigenvalue weighted by Gasteiger charge is -2.29. The van der Waals surface area contributed by atoms with E-state index in [2.05, 4.69) is 4.90 Å². The molecule has 3 aliphatic rings. The predicted octanol–water partition coefficient (Wildman–Crippen LogP) is 3.81. The summed E-state index contributed by atoms with van der Waals surface area (Å²) < 4.78 is 11.2. The van der Waals surface area contributed by atoms with Crippen LogP contribution in [0.4, 0.5) is 0 Å². The van der Waals surface area contributed by atoms with E-state index in [0.29, 0.717) is 42.3 Å². The number of ketones is 1. The third kappa shape index (κ3) is 4.81. The van der Waals surface area contributed by atoms with Crippen LogP contribution in [0.1, 0.15) is 36.1 Å². The first-order chi connectivity index (χ1) is 16.9. The summed E-state index contributed by atoms with van der Waals surface area (Å²) in [7, 11) is 0. The molecular formula is C27H29ClN2O5. The monoisotopic (exact) mass is 496 g/mol. The second kappa shape index (κ2) is 10.0. The molecule has 0 spiro atoms. The van der Waals surface area contributed by atoms with Gasteiger partial charge in [-0.2, -0.15) is 0 Å². The van der Waals surface area contributed by atoms with Gasteiger partial charge in [0.15, 0.2) is 0 Å². The number of Topliss-reactive ketones (excluding diaryl/α,β-unsaturated/α-hetero) is 1. The predicted molar refractivity (Wildman–Crippen MR) is 133 cm³/mol. The molecule has 5 rings (SSSR count). The third-order valence-electron chi connectivity index (χ3n) is 6.85. The molecule has 35 heavy (non-hydrogen) atoms. The van der Waals surface area contributed by atoms with Crippen LogP contribution in [0.5, 0.6) is 5.75 Å². The summed E-state index contributed by atoms with van der Waals surface area (Å²) in [4.78, 5) is 30.3. The standard InChI is InChI=1S/C27H29ClN2O5/c1-17-14-20-15-19(6-7-22(20)35-17)25(31)23-24(18-4-2-5-21(28)16-18)30(27(33)26(23)32)9-3-8-29-10-12-34-13-11-29/h2,4-7,15-17,24,31H,3,8-14H2,1H3/b25-23-. The molecule has 2 unspecified atom stereocenters. The van der Waals surface area contributed by atoms with Crippen molar-refractivity contribution < 1.29 is 24.2 Å². The van der Waals surface area contributed by atoms with E-state index in [4.69, 9.17) is 21.1 Å². The number of aliphatic hydroxyl groups excluding tert-OH is 1. The average Bonchev–Trinajstić information content (AvgIpc) is 3.35. The van der Waals surface area contributed by atoms with E-state index in [1.807, 2.05) is 19.1 Å². The van der Waals surface area contributed by atoms with E-state index in [0.717, 1.165) is 37.4 Å². The molecular weight excluding hydrogens is 468 g/mol. The molecule has 3 aliphatic heterocycles. The van der Waals surface area contributed by atoms with Crippen molar-refractivity contribution in [2.24, 2.45) is 0 Å². The highest BCUT2D eigenvalue weighted by molar-refractivity contribution is 6.46. The highest BCUT2D eigenvalue weighted by Gasteiger charge is 2.46. The van der Waals surface area contributed by atoms with Crippen molar-refractivity contribution in [1.29, 1.82) is 0 Å². The summed E-state index contributed by atoms with van der Waals surface area (Å²) in [5.41, 5.74) is 2.26. The fourth-order valence-electron chi connectivity index (χ4n) is 5.15. The summed E-state index contributed by atoms with van der Waals surface area (Å²) in [5.74, 6) is -0.670. The largest absolute Gasteiger partial charge is 0.507 e. The number of rotatable bonds is 6. The van der Waals surface area contributed by atoms with Crippen molar-refractivity contribution in [3.8, 4) is 5.75 Å². The number of nitrogens with zero attached hydrogens (tertiary/aromatic N) is 2. The molecule has 3 heterocycles. The average molecular weight is 497 g/mol. The van der Waals surface area contributed by atoms with Crippen LogP contribution in [-0.2, 0) is 20.7 Å². The normalized spacial score (nSPS) is 24.0. The summed E-state index contributed by atoms with van der Waals surface area (Å²) in [6.45, 7) is 6.31. The number of amides is 1. The molecule has 2 aromatic rings. The molecule has 1 amide bonds. The van der Waals surface area contributed by atoms with E-state index < -0.39 is 17.7 Å². The third-order valence-corrected chi connectivity index (χ3v) is 7.09. The first-order valence-corrected chi connectivity index (χ1v) is 12.4. The van der Waals surface area contributed by atoms with E-state index in [9.17, 15) is 14.7 Å². The lowest BCUT2D eigenvalue weighted by Crippen LogP contribution is -2.38. The lowest BCUT2D eigenvalue weighted by molar-refractivity contribution is -0.140. The van der Waals surface area contributed by atoms with Gasteiger partial charge < -0.3 is 19.5 Å². The lowest BCUT2D eigenvalue weighted by atomic mass is 9.94. The smallest absolute Gasteiger partial charge is 0.295 e. The number of hydrogen-bond donors (Lipinski definition) is 1. The van der Waals surface area contributed by atoms with Crippen LogP contribution >= 0.6 is 11.6 Å². The fraction of sp³-hybridized carbons (Fsp3) is 0.407. The van der Waals surface area contributed by atoms with E-state index >= 15 is 0 Å². The van der Waals surface area contributed by atoms with Gasteiger partial charge in [0.25, 0.3) is 11.7 Å². The van der Waals surface area contributed by atoms with Gasteiger partial charge in [-0.3, -0.25) is 14.5 Å². The zero-order valence-corrected chi connectivity index (χ0v) is 20.5. The van der Waals surface area contributed by atoms with Crippen LogP contribution in [-0.4, -0.2) is 72.1 Å². The molecule has 0 saturated carbocycles. The van der Waals surface area contributed by atoms with Gasteiger partial charge >= 0.3 is 0 Å². The van der Waals surface area contributed by atoms with Gasteiger partial charge in [-0.25, -0.2) is 0 Å². The number of halogens is 1. The molecule has 2 saturated heterocycles. The van der Waals surface area contributed by atoms with E-state index in [-0.39, 0.29) is 17.4 Å². The highest BCUT2D eigenvalue weighted by Crippen LogP contribution is 2.41. The maximum atomic E-state index is 13.3. The van der Waals surface area contributed by atoms with Gasteiger partial charge in [0, 0.05) is 43.2 Å². The SMILES string of the molecule is CC1Cc2cc(/C(O)=C3/C(=O)C(=O)N(CCCN4CCOCC4)C3c3cccc(Cl)c3)ccc2O1. The Hall–Kier alpha value is -2.87. The van der Waals surface area contributed by atoms with Crippen LogP contribution in [0.15, 0.2) is 48.0 Å². The Balaban J connectivity index is 1.48. The number of ether oxygens (including phenoxy) is 2. The first kappa shape index (κ1) is 23.9. The number of morpholine rings is 1. The number of fused-ring (bicyclic) bond motifs is 1. The number of benzene rings is 2. The Morgan fingerprint density at radius 2 is 1.91 bits per heavy atom. The molecule has 184 valence electrons.